The molecule has 0 saturated carbocycles. The quantitative estimate of drug-likeness (QED) is 0.534. The molecule has 4 rings (SSSR count). The highest BCUT2D eigenvalue weighted by atomic mass is 16.1. The van der Waals surface area contributed by atoms with Gasteiger partial charge in [0.15, 0.2) is 0 Å². The van der Waals surface area contributed by atoms with E-state index < -0.39 is 0 Å². The van der Waals surface area contributed by atoms with E-state index in [-0.39, 0.29) is 6.04 Å². The SMILES string of the molecule is CCCCCC(=O)[C@H](C)N1CCC(c2cnc(N3C4CCC3CN(C(C)C)C4)nc2)CC1. The van der Waals surface area contributed by atoms with Crippen LogP contribution in [0.1, 0.15) is 90.5 Å². The van der Waals surface area contributed by atoms with Crippen LogP contribution in [-0.4, -0.2) is 75.9 Å². The van der Waals surface area contributed by atoms with Gasteiger partial charge in [0, 0.05) is 50.0 Å². The number of aromatic nitrogens is 2. The molecule has 0 spiro atoms. The van der Waals surface area contributed by atoms with Gasteiger partial charge in [0.25, 0.3) is 0 Å². The molecule has 1 aromatic rings. The van der Waals surface area contributed by atoms with Crippen LogP contribution in [0.2, 0.25) is 0 Å². The van der Waals surface area contributed by atoms with Crippen LogP contribution >= 0.6 is 0 Å². The molecule has 2 unspecified atom stereocenters. The van der Waals surface area contributed by atoms with Crippen molar-refractivity contribution in [1.29, 1.82) is 0 Å². The zero-order valence-corrected chi connectivity index (χ0v) is 20.7. The van der Waals surface area contributed by atoms with Crippen molar-refractivity contribution in [2.45, 2.75) is 109 Å². The summed E-state index contributed by atoms with van der Waals surface area (Å²) in [6.07, 6.45) is 13.0. The molecule has 0 aromatic carbocycles. The lowest BCUT2D eigenvalue weighted by molar-refractivity contribution is -0.124. The molecule has 0 amide bonds. The minimum Gasteiger partial charge on any atom is -0.332 e. The number of piperidine rings is 1. The minimum absolute atomic E-state index is 0.0615. The largest absolute Gasteiger partial charge is 0.332 e. The van der Waals surface area contributed by atoms with Gasteiger partial charge in [-0.2, -0.15) is 0 Å². The molecule has 0 radical (unpaired) electrons. The topological polar surface area (TPSA) is 52.6 Å². The number of carbonyl (C=O) groups excluding carboxylic acids is 1. The highest BCUT2D eigenvalue weighted by Crippen LogP contribution is 2.34. The Balaban J connectivity index is 1.30. The Morgan fingerprint density at radius 2 is 1.59 bits per heavy atom. The van der Waals surface area contributed by atoms with E-state index in [2.05, 4.69) is 54.8 Å². The molecular formula is C26H43N5O. The predicted octanol–water partition coefficient (Wildman–Crippen LogP) is 4.26. The number of unbranched alkanes of at least 4 members (excludes halogenated alkanes) is 2. The first kappa shape index (κ1) is 23.6. The number of hydrogen-bond acceptors (Lipinski definition) is 6. The van der Waals surface area contributed by atoms with Crippen LogP contribution in [-0.2, 0) is 4.79 Å². The third kappa shape index (κ3) is 5.17. The molecule has 6 nitrogen and oxygen atoms in total. The van der Waals surface area contributed by atoms with Crippen LogP contribution in [0.15, 0.2) is 12.4 Å². The zero-order valence-electron chi connectivity index (χ0n) is 20.7. The molecule has 0 aliphatic carbocycles. The molecular weight excluding hydrogens is 398 g/mol. The fourth-order valence-corrected chi connectivity index (χ4v) is 5.94. The number of likely N-dealkylation sites (tertiary alicyclic amines) is 2. The Bertz CT molecular complexity index is 729. The van der Waals surface area contributed by atoms with Gasteiger partial charge in [0.2, 0.25) is 5.95 Å². The maximum atomic E-state index is 12.5. The molecule has 3 aliphatic rings. The number of Topliss-reactive ketones (excluding diaryl/α,β-unsaturated/α-hetero) is 1. The number of hydrogen-bond donors (Lipinski definition) is 0. The van der Waals surface area contributed by atoms with Gasteiger partial charge < -0.3 is 4.90 Å². The average molecular weight is 442 g/mol. The van der Waals surface area contributed by atoms with E-state index in [0.717, 1.165) is 64.2 Å². The standard InChI is InChI=1S/C26H43N5O/c1-5-6-7-8-25(32)20(4)29-13-11-21(12-14-29)22-15-27-26(28-16-22)31-23-9-10-24(31)18-30(17-23)19(2)3/h15-16,19-21,23-24H,5-14,17-18H2,1-4H3/t20-,23?,24?/m0/s1. The second-order valence-electron chi connectivity index (χ2n) is 10.6. The maximum absolute atomic E-state index is 12.5. The summed E-state index contributed by atoms with van der Waals surface area (Å²) in [5, 5.41) is 0. The van der Waals surface area contributed by atoms with Crippen molar-refractivity contribution in [2.24, 2.45) is 0 Å². The summed E-state index contributed by atoms with van der Waals surface area (Å²) in [6.45, 7) is 13.1. The number of nitrogens with zero attached hydrogens (tertiary/aromatic N) is 5. The number of anilines is 1. The van der Waals surface area contributed by atoms with E-state index in [1.165, 1.54) is 24.8 Å². The molecule has 6 heteroatoms. The molecule has 3 atom stereocenters. The smallest absolute Gasteiger partial charge is 0.225 e. The lowest BCUT2D eigenvalue weighted by Gasteiger charge is -2.42. The van der Waals surface area contributed by atoms with E-state index >= 15 is 0 Å². The van der Waals surface area contributed by atoms with Gasteiger partial charge in [-0.05, 0) is 77.4 Å². The molecule has 0 N–H and O–H groups in total. The summed E-state index contributed by atoms with van der Waals surface area (Å²) >= 11 is 0. The molecule has 2 bridgehead atoms. The number of carbonyl (C=O) groups is 1. The third-order valence-corrected chi connectivity index (χ3v) is 8.17. The molecule has 178 valence electrons. The summed E-state index contributed by atoms with van der Waals surface area (Å²) in [5.41, 5.74) is 1.27. The molecule has 4 heterocycles. The van der Waals surface area contributed by atoms with Crippen LogP contribution in [0.5, 0.6) is 0 Å². The molecule has 3 saturated heterocycles. The fraction of sp³-hybridized carbons (Fsp3) is 0.808. The number of piperazine rings is 1. The highest BCUT2D eigenvalue weighted by molar-refractivity contribution is 5.83. The van der Waals surface area contributed by atoms with Crippen LogP contribution in [0, 0.1) is 0 Å². The Kier molecular flexibility index (Phi) is 7.83. The van der Waals surface area contributed by atoms with Crippen molar-refractivity contribution in [2.75, 3.05) is 31.1 Å². The number of rotatable bonds is 9. The van der Waals surface area contributed by atoms with Gasteiger partial charge in [0.1, 0.15) is 5.78 Å². The third-order valence-electron chi connectivity index (χ3n) is 8.17. The molecule has 1 aromatic heterocycles. The second kappa shape index (κ2) is 10.6. The number of fused-ring (bicyclic) bond motifs is 2. The van der Waals surface area contributed by atoms with E-state index in [1.807, 2.05) is 0 Å². The lowest BCUT2D eigenvalue weighted by Crippen LogP contribution is -2.56. The zero-order chi connectivity index (χ0) is 22.7. The van der Waals surface area contributed by atoms with Crippen LogP contribution in [0.25, 0.3) is 0 Å². The van der Waals surface area contributed by atoms with Crippen molar-refractivity contribution in [3.05, 3.63) is 18.0 Å². The van der Waals surface area contributed by atoms with E-state index in [1.54, 1.807) is 0 Å². The van der Waals surface area contributed by atoms with Gasteiger partial charge >= 0.3 is 0 Å². The summed E-state index contributed by atoms with van der Waals surface area (Å²) in [7, 11) is 0. The first-order chi connectivity index (χ1) is 15.5. The Morgan fingerprint density at radius 1 is 0.969 bits per heavy atom. The van der Waals surface area contributed by atoms with Crippen LogP contribution < -0.4 is 4.90 Å². The molecule has 3 fully saturated rings. The van der Waals surface area contributed by atoms with Crippen molar-refractivity contribution in [1.82, 2.24) is 19.8 Å². The Morgan fingerprint density at radius 3 is 2.16 bits per heavy atom. The summed E-state index contributed by atoms with van der Waals surface area (Å²) in [5.74, 6) is 1.85. The summed E-state index contributed by atoms with van der Waals surface area (Å²) in [6, 6.07) is 1.79. The normalized spacial score (nSPS) is 26.1. The van der Waals surface area contributed by atoms with E-state index in [4.69, 9.17) is 9.97 Å². The second-order valence-corrected chi connectivity index (χ2v) is 10.6. The highest BCUT2D eigenvalue weighted by Gasteiger charge is 2.41. The van der Waals surface area contributed by atoms with Gasteiger partial charge in [-0.25, -0.2) is 9.97 Å². The van der Waals surface area contributed by atoms with Crippen LogP contribution in [0.4, 0.5) is 5.95 Å². The van der Waals surface area contributed by atoms with Crippen molar-refractivity contribution in [3.63, 3.8) is 0 Å². The Labute approximate surface area is 194 Å². The van der Waals surface area contributed by atoms with Gasteiger partial charge in [-0.3, -0.25) is 14.6 Å². The monoisotopic (exact) mass is 441 g/mol. The fourth-order valence-electron chi connectivity index (χ4n) is 5.94. The average Bonchev–Trinajstić information content (AvgIpc) is 3.07. The first-order valence-corrected chi connectivity index (χ1v) is 13.1. The number of ketones is 1. The molecule has 3 aliphatic heterocycles. The van der Waals surface area contributed by atoms with Crippen molar-refractivity contribution >= 4 is 11.7 Å². The van der Waals surface area contributed by atoms with E-state index in [9.17, 15) is 4.79 Å². The Hall–Kier alpha value is -1.53. The van der Waals surface area contributed by atoms with Gasteiger partial charge in [0.05, 0.1) is 6.04 Å². The van der Waals surface area contributed by atoms with Crippen LogP contribution in [0.3, 0.4) is 0 Å². The summed E-state index contributed by atoms with van der Waals surface area (Å²) in [4.78, 5) is 29.7. The minimum atomic E-state index is 0.0615. The molecule has 32 heavy (non-hydrogen) atoms. The lowest BCUT2D eigenvalue weighted by atomic mass is 9.90. The van der Waals surface area contributed by atoms with Crippen molar-refractivity contribution in [3.8, 4) is 0 Å². The van der Waals surface area contributed by atoms with Gasteiger partial charge in [-0.15, -0.1) is 0 Å². The van der Waals surface area contributed by atoms with E-state index in [0.29, 0.717) is 29.8 Å². The van der Waals surface area contributed by atoms with Crippen molar-refractivity contribution < 1.29 is 4.79 Å². The predicted molar refractivity (Wildman–Crippen MR) is 130 cm³/mol. The maximum Gasteiger partial charge on any atom is 0.225 e. The van der Waals surface area contributed by atoms with Gasteiger partial charge in [-0.1, -0.05) is 19.8 Å². The summed E-state index contributed by atoms with van der Waals surface area (Å²) < 4.78 is 0. The first-order valence-electron chi connectivity index (χ1n) is 13.1.